The summed E-state index contributed by atoms with van der Waals surface area (Å²) in [5.74, 6) is 0.481. The van der Waals surface area contributed by atoms with Crippen molar-refractivity contribution in [2.45, 2.75) is 25.5 Å². The highest BCUT2D eigenvalue weighted by atomic mass is 32.2. The van der Waals surface area contributed by atoms with Crippen molar-refractivity contribution in [1.82, 2.24) is 4.90 Å². The molecule has 2 unspecified atom stereocenters. The third-order valence-electron chi connectivity index (χ3n) is 2.84. The van der Waals surface area contributed by atoms with Gasteiger partial charge in [0, 0.05) is 19.2 Å². The molecule has 0 radical (unpaired) electrons. The van der Waals surface area contributed by atoms with E-state index in [1.165, 1.54) is 0 Å². The average Bonchev–Trinajstić information content (AvgIpc) is 2.56. The van der Waals surface area contributed by atoms with E-state index in [-0.39, 0.29) is 17.5 Å². The summed E-state index contributed by atoms with van der Waals surface area (Å²) in [7, 11) is -1.000. The lowest BCUT2D eigenvalue weighted by molar-refractivity contribution is 0.0202. The number of aliphatic hydroxyl groups is 1. The Morgan fingerprint density at radius 2 is 2.25 bits per heavy atom. The van der Waals surface area contributed by atoms with Gasteiger partial charge in [-0.25, -0.2) is 8.42 Å². The monoisotopic (exact) mass is 251 g/mol. The predicted molar refractivity (Wildman–Crippen MR) is 62.2 cm³/mol. The predicted octanol–water partition coefficient (Wildman–Crippen LogP) is -0.497. The molecule has 0 aromatic heterocycles. The van der Waals surface area contributed by atoms with Gasteiger partial charge in [0.05, 0.1) is 24.2 Å². The van der Waals surface area contributed by atoms with Crippen LogP contribution in [-0.4, -0.2) is 68.9 Å². The van der Waals surface area contributed by atoms with E-state index in [1.807, 2.05) is 18.9 Å². The SMILES string of the molecule is CCOCC(O)CN(C)C1CCS(=O)(=O)C1. The maximum atomic E-state index is 11.3. The van der Waals surface area contributed by atoms with Crippen molar-refractivity contribution in [2.24, 2.45) is 0 Å². The minimum absolute atomic E-state index is 0.0428. The van der Waals surface area contributed by atoms with Crippen LogP contribution >= 0.6 is 0 Å². The van der Waals surface area contributed by atoms with Crippen LogP contribution < -0.4 is 0 Å². The lowest BCUT2D eigenvalue weighted by Crippen LogP contribution is -2.39. The second-order valence-electron chi connectivity index (χ2n) is 4.31. The van der Waals surface area contributed by atoms with Crippen molar-refractivity contribution >= 4 is 9.84 Å². The summed E-state index contributed by atoms with van der Waals surface area (Å²) < 4.78 is 27.7. The van der Waals surface area contributed by atoms with Gasteiger partial charge in [0.15, 0.2) is 9.84 Å². The molecule has 2 atom stereocenters. The molecular formula is C10H21NO4S. The Labute approximate surface area is 97.3 Å². The van der Waals surface area contributed by atoms with Crippen LogP contribution in [0.1, 0.15) is 13.3 Å². The third kappa shape index (κ3) is 4.37. The summed E-state index contributed by atoms with van der Waals surface area (Å²) in [4.78, 5) is 1.91. The molecule has 96 valence electrons. The van der Waals surface area contributed by atoms with Gasteiger partial charge in [0.2, 0.25) is 0 Å². The van der Waals surface area contributed by atoms with E-state index in [0.717, 1.165) is 0 Å². The first-order valence-electron chi connectivity index (χ1n) is 5.61. The van der Waals surface area contributed by atoms with E-state index in [0.29, 0.717) is 26.2 Å². The summed E-state index contributed by atoms with van der Waals surface area (Å²) in [6.07, 6.45) is 0.119. The molecule has 0 aromatic rings. The van der Waals surface area contributed by atoms with Crippen molar-refractivity contribution in [3.8, 4) is 0 Å². The Morgan fingerprint density at radius 3 is 2.75 bits per heavy atom. The van der Waals surface area contributed by atoms with E-state index >= 15 is 0 Å². The topological polar surface area (TPSA) is 66.8 Å². The smallest absolute Gasteiger partial charge is 0.151 e. The number of likely N-dealkylation sites (N-methyl/N-ethyl adjacent to an activating group) is 1. The van der Waals surface area contributed by atoms with E-state index in [4.69, 9.17) is 4.74 Å². The molecule has 6 heteroatoms. The van der Waals surface area contributed by atoms with Crippen molar-refractivity contribution in [3.05, 3.63) is 0 Å². The molecule has 1 N–H and O–H groups in total. The van der Waals surface area contributed by atoms with Crippen LogP contribution in [-0.2, 0) is 14.6 Å². The van der Waals surface area contributed by atoms with Crippen LogP contribution in [0.5, 0.6) is 0 Å². The van der Waals surface area contributed by atoms with Crippen molar-refractivity contribution < 1.29 is 18.3 Å². The summed E-state index contributed by atoms with van der Waals surface area (Å²) in [5, 5.41) is 9.63. The first-order valence-corrected chi connectivity index (χ1v) is 7.43. The number of sulfone groups is 1. The fraction of sp³-hybridized carbons (Fsp3) is 1.00. The largest absolute Gasteiger partial charge is 0.389 e. The van der Waals surface area contributed by atoms with E-state index < -0.39 is 15.9 Å². The first kappa shape index (κ1) is 13.9. The highest BCUT2D eigenvalue weighted by molar-refractivity contribution is 7.91. The normalized spacial score (nSPS) is 26.1. The molecule has 16 heavy (non-hydrogen) atoms. The quantitative estimate of drug-likeness (QED) is 0.689. The van der Waals surface area contributed by atoms with Gasteiger partial charge in [0.1, 0.15) is 0 Å². The average molecular weight is 251 g/mol. The molecule has 1 aliphatic heterocycles. The summed E-state index contributed by atoms with van der Waals surface area (Å²) >= 11 is 0. The molecule has 0 aliphatic carbocycles. The molecule has 1 heterocycles. The number of ether oxygens (including phenoxy) is 1. The van der Waals surface area contributed by atoms with Crippen LogP contribution in [0.4, 0.5) is 0 Å². The zero-order valence-electron chi connectivity index (χ0n) is 9.92. The van der Waals surface area contributed by atoms with Gasteiger partial charge in [-0.1, -0.05) is 0 Å². The highest BCUT2D eigenvalue weighted by Gasteiger charge is 2.31. The van der Waals surface area contributed by atoms with Crippen LogP contribution in [0.3, 0.4) is 0 Å². The van der Waals surface area contributed by atoms with Gasteiger partial charge in [-0.2, -0.15) is 0 Å². The van der Waals surface area contributed by atoms with Gasteiger partial charge in [-0.05, 0) is 20.4 Å². The van der Waals surface area contributed by atoms with Crippen molar-refractivity contribution in [1.29, 1.82) is 0 Å². The van der Waals surface area contributed by atoms with Crippen LogP contribution in [0.25, 0.3) is 0 Å². The molecule has 1 aliphatic rings. The van der Waals surface area contributed by atoms with Crippen LogP contribution in [0, 0.1) is 0 Å². The molecule has 0 amide bonds. The first-order chi connectivity index (χ1) is 7.44. The van der Waals surface area contributed by atoms with Gasteiger partial charge >= 0.3 is 0 Å². The van der Waals surface area contributed by atoms with Gasteiger partial charge in [-0.3, -0.25) is 4.90 Å². The maximum Gasteiger partial charge on any atom is 0.151 e. The molecule has 0 aromatic carbocycles. The van der Waals surface area contributed by atoms with Crippen molar-refractivity contribution in [3.63, 3.8) is 0 Å². The molecule has 0 saturated carbocycles. The standard InChI is InChI=1S/C10H21NO4S/c1-3-15-7-10(12)6-11(2)9-4-5-16(13,14)8-9/h9-10,12H,3-8H2,1-2H3. The lowest BCUT2D eigenvalue weighted by atomic mass is 10.2. The number of nitrogens with zero attached hydrogens (tertiary/aromatic N) is 1. The zero-order chi connectivity index (χ0) is 12.2. The van der Waals surface area contributed by atoms with E-state index in [2.05, 4.69) is 0 Å². The summed E-state index contributed by atoms with van der Waals surface area (Å²) in [5.41, 5.74) is 0. The molecule has 1 fully saturated rings. The highest BCUT2D eigenvalue weighted by Crippen LogP contribution is 2.16. The Kier molecular flexibility index (Phi) is 5.17. The minimum Gasteiger partial charge on any atom is -0.389 e. The molecular weight excluding hydrogens is 230 g/mol. The lowest BCUT2D eigenvalue weighted by Gasteiger charge is -2.25. The molecule has 0 bridgehead atoms. The molecule has 0 spiro atoms. The number of aliphatic hydroxyl groups excluding tert-OH is 1. The van der Waals surface area contributed by atoms with Crippen LogP contribution in [0.15, 0.2) is 0 Å². The minimum atomic E-state index is -2.85. The van der Waals surface area contributed by atoms with Crippen LogP contribution in [0.2, 0.25) is 0 Å². The second-order valence-corrected chi connectivity index (χ2v) is 6.54. The fourth-order valence-corrected chi connectivity index (χ4v) is 3.72. The number of hydrogen-bond acceptors (Lipinski definition) is 5. The number of hydrogen-bond donors (Lipinski definition) is 1. The van der Waals surface area contributed by atoms with Gasteiger partial charge < -0.3 is 9.84 Å². The Hall–Kier alpha value is -0.170. The van der Waals surface area contributed by atoms with E-state index in [1.54, 1.807) is 0 Å². The number of rotatable bonds is 6. The molecule has 5 nitrogen and oxygen atoms in total. The summed E-state index contributed by atoms with van der Waals surface area (Å²) in [6.45, 7) is 3.22. The third-order valence-corrected chi connectivity index (χ3v) is 4.60. The van der Waals surface area contributed by atoms with Crippen molar-refractivity contribution in [2.75, 3.05) is 38.3 Å². The fourth-order valence-electron chi connectivity index (χ4n) is 1.91. The maximum absolute atomic E-state index is 11.3. The van der Waals surface area contributed by atoms with Gasteiger partial charge in [-0.15, -0.1) is 0 Å². The Bertz CT molecular complexity index is 304. The Morgan fingerprint density at radius 1 is 1.56 bits per heavy atom. The zero-order valence-corrected chi connectivity index (χ0v) is 10.7. The second kappa shape index (κ2) is 5.95. The molecule has 1 saturated heterocycles. The molecule has 1 rings (SSSR count). The van der Waals surface area contributed by atoms with Gasteiger partial charge in [0.25, 0.3) is 0 Å². The Balaban J connectivity index is 2.33. The van der Waals surface area contributed by atoms with E-state index in [9.17, 15) is 13.5 Å². The summed E-state index contributed by atoms with van der Waals surface area (Å²) in [6, 6.07) is 0.0428.